The van der Waals surface area contributed by atoms with Crippen molar-refractivity contribution in [2.24, 2.45) is 5.92 Å². The summed E-state index contributed by atoms with van der Waals surface area (Å²) >= 11 is 8.46. The largest absolute Gasteiger partial charge is 0.497 e. The second kappa shape index (κ2) is 10.1. The number of carbonyl (C=O) groups is 1. The number of allylic oxidation sites excluding steroid dienone is 1. The van der Waals surface area contributed by atoms with Gasteiger partial charge >= 0.3 is 5.97 Å². The van der Waals surface area contributed by atoms with Crippen molar-refractivity contribution in [1.82, 2.24) is 4.98 Å². The smallest absolute Gasteiger partial charge is 0.328 e. The van der Waals surface area contributed by atoms with Gasteiger partial charge in [-0.15, -0.1) is 11.3 Å². The Morgan fingerprint density at radius 3 is 2.51 bits per heavy atom. The molecule has 0 amide bonds. The zero-order valence-electron chi connectivity index (χ0n) is 19.2. The monoisotopic (exact) mass is 501 g/mol. The van der Waals surface area contributed by atoms with Crippen molar-refractivity contribution in [2.75, 3.05) is 7.11 Å². The van der Waals surface area contributed by atoms with Crippen LogP contribution in [0.3, 0.4) is 0 Å². The van der Waals surface area contributed by atoms with E-state index in [0.29, 0.717) is 10.9 Å². The predicted octanol–water partition coefficient (Wildman–Crippen LogP) is 7.82. The number of methoxy groups -OCH3 is 1. The lowest BCUT2D eigenvalue weighted by Gasteiger charge is -2.32. The molecule has 1 aliphatic carbocycles. The molecule has 6 heteroatoms. The number of nitrogens with zero attached hydrogens (tertiary/aromatic N) is 1. The Bertz CT molecular complexity index is 1450. The molecule has 176 valence electrons. The Morgan fingerprint density at radius 1 is 1.09 bits per heavy atom. The summed E-state index contributed by atoms with van der Waals surface area (Å²) in [7, 11) is 1.64. The van der Waals surface area contributed by atoms with Gasteiger partial charge in [0.05, 0.1) is 27.9 Å². The van der Waals surface area contributed by atoms with Crippen LogP contribution in [-0.4, -0.2) is 23.2 Å². The predicted molar refractivity (Wildman–Crippen MR) is 144 cm³/mol. The summed E-state index contributed by atoms with van der Waals surface area (Å²) in [6.45, 7) is 0. The van der Waals surface area contributed by atoms with Gasteiger partial charge in [0, 0.05) is 6.08 Å². The number of carboxylic acid groups (broad SMARTS) is 1. The highest BCUT2D eigenvalue weighted by molar-refractivity contribution is 7.16. The highest BCUT2D eigenvalue weighted by atomic mass is 35.5. The third kappa shape index (κ3) is 4.88. The summed E-state index contributed by atoms with van der Waals surface area (Å²) in [6, 6.07) is 20.3. The lowest BCUT2D eigenvalue weighted by Crippen LogP contribution is -2.15. The second-order valence-corrected chi connectivity index (χ2v) is 9.88. The average molecular weight is 502 g/mol. The van der Waals surface area contributed by atoms with E-state index in [0.717, 1.165) is 62.7 Å². The Kier molecular flexibility index (Phi) is 6.71. The van der Waals surface area contributed by atoms with E-state index in [1.165, 1.54) is 12.0 Å². The van der Waals surface area contributed by atoms with Gasteiger partial charge in [0.15, 0.2) is 0 Å². The Hall–Kier alpha value is -3.41. The van der Waals surface area contributed by atoms with Crippen LogP contribution in [0.2, 0.25) is 5.02 Å². The van der Waals surface area contributed by atoms with Gasteiger partial charge in [-0.25, -0.2) is 9.78 Å². The van der Waals surface area contributed by atoms with E-state index in [-0.39, 0.29) is 0 Å². The van der Waals surface area contributed by atoms with Crippen LogP contribution in [0.4, 0.5) is 0 Å². The van der Waals surface area contributed by atoms with Crippen molar-refractivity contribution >= 4 is 56.3 Å². The van der Waals surface area contributed by atoms with Crippen molar-refractivity contribution in [1.29, 1.82) is 0 Å². The van der Waals surface area contributed by atoms with Gasteiger partial charge in [0.25, 0.3) is 0 Å². The number of ether oxygens (including phenoxy) is 1. The zero-order valence-corrected chi connectivity index (χ0v) is 20.8. The minimum atomic E-state index is -0.965. The summed E-state index contributed by atoms with van der Waals surface area (Å²) in [5.41, 5.74) is 9.19. The third-order valence-corrected chi connectivity index (χ3v) is 7.61. The molecule has 3 aromatic carbocycles. The van der Waals surface area contributed by atoms with E-state index in [1.54, 1.807) is 24.5 Å². The van der Waals surface area contributed by atoms with Gasteiger partial charge < -0.3 is 9.84 Å². The number of hydrogen-bond acceptors (Lipinski definition) is 4. The topological polar surface area (TPSA) is 59.4 Å². The highest BCUT2D eigenvalue weighted by Crippen LogP contribution is 2.47. The molecule has 35 heavy (non-hydrogen) atoms. The highest BCUT2D eigenvalue weighted by Gasteiger charge is 2.28. The summed E-state index contributed by atoms with van der Waals surface area (Å²) in [4.78, 5) is 15.5. The Labute approximate surface area is 213 Å². The van der Waals surface area contributed by atoms with Gasteiger partial charge in [0.1, 0.15) is 5.75 Å². The molecule has 0 unspecified atom stereocenters. The van der Waals surface area contributed by atoms with Crippen molar-refractivity contribution in [2.45, 2.75) is 19.3 Å². The third-order valence-electron chi connectivity index (χ3n) is 6.49. The Morgan fingerprint density at radius 2 is 1.86 bits per heavy atom. The summed E-state index contributed by atoms with van der Waals surface area (Å²) in [6.07, 6.45) is 6.17. The van der Waals surface area contributed by atoms with E-state index in [4.69, 9.17) is 21.4 Å². The molecule has 0 bridgehead atoms. The molecule has 0 saturated heterocycles. The van der Waals surface area contributed by atoms with E-state index in [9.17, 15) is 4.79 Å². The van der Waals surface area contributed by atoms with Crippen LogP contribution in [0, 0.1) is 5.92 Å². The van der Waals surface area contributed by atoms with Crippen LogP contribution in [-0.2, 0) is 4.79 Å². The molecular weight excluding hydrogens is 478 g/mol. The number of fused-ring (bicyclic) bond motifs is 1. The molecule has 5 rings (SSSR count). The number of aromatic nitrogens is 1. The standard InChI is InChI=1S/C29H24ClNO3S/c1-34-22-11-12-23(24(30)16-22)29(19-3-2-4-19)28(21-10-13-26-25(15-21)31-17-35-26)20-8-5-18(6-9-20)7-14-27(32)33/h5-17,19H,2-4H2,1H3,(H,32,33)/b14-7+,29-28+. The first-order chi connectivity index (χ1) is 17.0. The van der Waals surface area contributed by atoms with Gasteiger partial charge in [-0.05, 0) is 88.6 Å². The normalized spacial score (nSPS) is 14.7. The average Bonchev–Trinajstić information content (AvgIpc) is 3.30. The summed E-state index contributed by atoms with van der Waals surface area (Å²) in [5, 5.41) is 9.64. The molecule has 0 radical (unpaired) electrons. The molecule has 1 saturated carbocycles. The van der Waals surface area contributed by atoms with Crippen molar-refractivity contribution in [3.05, 3.63) is 99.5 Å². The van der Waals surface area contributed by atoms with Gasteiger partial charge in [-0.1, -0.05) is 48.4 Å². The van der Waals surface area contributed by atoms with E-state index < -0.39 is 5.97 Å². The van der Waals surface area contributed by atoms with Crippen LogP contribution in [0.1, 0.15) is 41.5 Å². The molecule has 1 fully saturated rings. The summed E-state index contributed by atoms with van der Waals surface area (Å²) < 4.78 is 6.54. The summed E-state index contributed by atoms with van der Waals surface area (Å²) in [5.74, 6) is 0.160. The number of aliphatic carboxylic acids is 1. The SMILES string of the molecule is COc1ccc(/C(=C(\c2ccc(/C=C/C(=O)O)cc2)c2ccc3scnc3c2)C2CCC2)c(Cl)c1. The number of rotatable bonds is 7. The van der Waals surface area contributed by atoms with Crippen LogP contribution in [0.25, 0.3) is 27.4 Å². The van der Waals surface area contributed by atoms with Crippen LogP contribution in [0.5, 0.6) is 5.75 Å². The van der Waals surface area contributed by atoms with Gasteiger partial charge in [-0.2, -0.15) is 0 Å². The first-order valence-corrected chi connectivity index (χ1v) is 12.7. The van der Waals surface area contributed by atoms with Crippen molar-refractivity contribution in [3.8, 4) is 5.75 Å². The molecule has 0 aliphatic heterocycles. The zero-order chi connectivity index (χ0) is 24.4. The maximum atomic E-state index is 10.9. The second-order valence-electron chi connectivity index (χ2n) is 8.59. The fourth-order valence-corrected chi connectivity index (χ4v) is 5.45. The van der Waals surface area contributed by atoms with E-state index in [1.807, 2.05) is 29.8 Å². The minimum absolute atomic E-state index is 0.397. The maximum absolute atomic E-state index is 10.9. The van der Waals surface area contributed by atoms with E-state index >= 15 is 0 Å². The van der Waals surface area contributed by atoms with Gasteiger partial charge in [-0.3, -0.25) is 0 Å². The first kappa shape index (κ1) is 23.3. The number of thiazole rings is 1. The molecule has 0 spiro atoms. The van der Waals surface area contributed by atoms with Crippen molar-refractivity contribution < 1.29 is 14.6 Å². The first-order valence-electron chi connectivity index (χ1n) is 11.5. The molecular formula is C29H24ClNO3S. The quantitative estimate of drug-likeness (QED) is 0.207. The van der Waals surface area contributed by atoms with Crippen LogP contribution in [0.15, 0.2) is 72.3 Å². The fourth-order valence-electron chi connectivity index (χ4n) is 4.52. The molecule has 1 aliphatic rings. The fraction of sp³-hybridized carbons (Fsp3) is 0.172. The molecule has 4 aromatic rings. The van der Waals surface area contributed by atoms with E-state index in [2.05, 4.69) is 41.4 Å². The van der Waals surface area contributed by atoms with Crippen LogP contribution < -0.4 is 4.74 Å². The number of hydrogen-bond donors (Lipinski definition) is 1. The molecule has 1 aromatic heterocycles. The van der Waals surface area contributed by atoms with Crippen LogP contribution >= 0.6 is 22.9 Å². The maximum Gasteiger partial charge on any atom is 0.328 e. The molecule has 0 atom stereocenters. The van der Waals surface area contributed by atoms with Crippen molar-refractivity contribution in [3.63, 3.8) is 0 Å². The number of halogens is 1. The van der Waals surface area contributed by atoms with Gasteiger partial charge in [0.2, 0.25) is 0 Å². The Balaban J connectivity index is 1.74. The molecule has 1 heterocycles. The number of benzene rings is 3. The molecule has 4 nitrogen and oxygen atoms in total. The number of carboxylic acids is 1. The lowest BCUT2D eigenvalue weighted by molar-refractivity contribution is -0.131. The minimum Gasteiger partial charge on any atom is -0.497 e. The lowest BCUT2D eigenvalue weighted by atomic mass is 9.73. The molecule has 1 N–H and O–H groups in total.